The molecule has 5 nitrogen and oxygen atoms in total. The molecule has 1 aromatic rings. The van der Waals surface area contributed by atoms with Gasteiger partial charge in [0.25, 0.3) is 0 Å². The fourth-order valence-corrected chi connectivity index (χ4v) is 3.31. The molecule has 20 heavy (non-hydrogen) atoms. The van der Waals surface area contributed by atoms with E-state index in [-0.39, 0.29) is 4.90 Å². The number of nitrogens with one attached hydrogen (secondary N) is 1. The van der Waals surface area contributed by atoms with Gasteiger partial charge in [0, 0.05) is 26.8 Å². The van der Waals surface area contributed by atoms with Gasteiger partial charge >= 0.3 is 0 Å². The van der Waals surface area contributed by atoms with Gasteiger partial charge in [-0.2, -0.15) is 0 Å². The van der Waals surface area contributed by atoms with Gasteiger partial charge in [0.05, 0.1) is 0 Å². The van der Waals surface area contributed by atoms with Crippen molar-refractivity contribution in [3.63, 3.8) is 0 Å². The molecule has 0 saturated heterocycles. The minimum atomic E-state index is -3.39. The predicted molar refractivity (Wildman–Crippen MR) is 80.2 cm³/mol. The molecule has 1 N–H and O–H groups in total. The number of hydrogen-bond donors (Lipinski definition) is 1. The van der Waals surface area contributed by atoms with Gasteiger partial charge in [0.1, 0.15) is 10.7 Å². The molecule has 1 heterocycles. The zero-order valence-corrected chi connectivity index (χ0v) is 13.2. The van der Waals surface area contributed by atoms with Gasteiger partial charge in [-0.1, -0.05) is 13.3 Å². The first kappa shape index (κ1) is 15.3. The molecule has 0 spiro atoms. The molecule has 0 amide bonds. The Balaban J connectivity index is 2.02. The van der Waals surface area contributed by atoms with Crippen LogP contribution in [-0.2, 0) is 10.0 Å². The molecule has 1 aliphatic rings. The average Bonchev–Trinajstić information content (AvgIpc) is 2.38. The number of pyridine rings is 1. The Hall–Kier alpha value is -1.14. The molecule has 0 radical (unpaired) electrons. The summed E-state index contributed by atoms with van der Waals surface area (Å²) in [4.78, 5) is 4.43. The van der Waals surface area contributed by atoms with Crippen LogP contribution in [-0.4, -0.2) is 38.3 Å². The average molecular weight is 297 g/mol. The quantitative estimate of drug-likeness (QED) is 0.875. The lowest BCUT2D eigenvalue weighted by Crippen LogP contribution is -2.36. The van der Waals surface area contributed by atoms with Crippen molar-refractivity contribution in [3.05, 3.63) is 18.3 Å². The first-order valence-electron chi connectivity index (χ1n) is 7.02. The second-order valence-electron chi connectivity index (χ2n) is 5.73. The molecular formula is C14H23N3O2S. The first-order valence-corrected chi connectivity index (χ1v) is 8.46. The number of aromatic nitrogens is 1. The Kier molecular flexibility index (Phi) is 4.34. The van der Waals surface area contributed by atoms with Crippen LogP contribution in [0.25, 0.3) is 0 Å². The number of hydrogen-bond acceptors (Lipinski definition) is 4. The summed E-state index contributed by atoms with van der Waals surface area (Å²) in [7, 11) is -0.358. The van der Waals surface area contributed by atoms with Crippen LogP contribution in [0.3, 0.4) is 0 Å². The molecule has 1 saturated carbocycles. The summed E-state index contributed by atoms with van der Waals surface area (Å²) in [6.07, 6.45) is 6.43. The molecular weight excluding hydrogens is 274 g/mol. The summed E-state index contributed by atoms with van der Waals surface area (Å²) in [5, 5.41) is 3.33. The second kappa shape index (κ2) is 5.69. The molecule has 0 aliphatic heterocycles. The van der Waals surface area contributed by atoms with Crippen LogP contribution >= 0.6 is 0 Å². The van der Waals surface area contributed by atoms with Gasteiger partial charge in [-0.05, 0) is 36.8 Å². The smallest absolute Gasteiger partial charge is 0.244 e. The molecule has 0 unspecified atom stereocenters. The molecule has 112 valence electrons. The van der Waals surface area contributed by atoms with Crippen LogP contribution in [0, 0.1) is 5.41 Å². The Morgan fingerprint density at radius 1 is 1.35 bits per heavy atom. The third-order valence-electron chi connectivity index (χ3n) is 4.32. The summed E-state index contributed by atoms with van der Waals surface area (Å²) in [6, 6.07) is 3.34. The van der Waals surface area contributed by atoms with E-state index < -0.39 is 10.0 Å². The van der Waals surface area contributed by atoms with Crippen molar-refractivity contribution in [2.24, 2.45) is 5.41 Å². The molecule has 6 heteroatoms. The van der Waals surface area contributed by atoms with Crippen molar-refractivity contribution in [1.29, 1.82) is 0 Å². The van der Waals surface area contributed by atoms with E-state index in [1.807, 2.05) is 0 Å². The van der Waals surface area contributed by atoms with E-state index in [4.69, 9.17) is 0 Å². The molecule has 0 aromatic carbocycles. The first-order chi connectivity index (χ1) is 9.39. The van der Waals surface area contributed by atoms with Crippen molar-refractivity contribution in [1.82, 2.24) is 9.29 Å². The van der Waals surface area contributed by atoms with Gasteiger partial charge in [-0.25, -0.2) is 17.7 Å². The maximum Gasteiger partial charge on any atom is 0.244 e. The topological polar surface area (TPSA) is 62.3 Å². The number of sulfonamides is 1. The van der Waals surface area contributed by atoms with Crippen molar-refractivity contribution in [3.8, 4) is 0 Å². The van der Waals surface area contributed by atoms with E-state index in [0.717, 1.165) is 12.4 Å². The maximum absolute atomic E-state index is 11.9. The van der Waals surface area contributed by atoms with E-state index in [1.54, 1.807) is 12.1 Å². The summed E-state index contributed by atoms with van der Waals surface area (Å²) in [5.41, 5.74) is 0.413. The molecule has 0 bridgehead atoms. The van der Waals surface area contributed by atoms with Crippen molar-refractivity contribution in [2.75, 3.05) is 26.0 Å². The van der Waals surface area contributed by atoms with Crippen LogP contribution in [0.1, 0.15) is 32.6 Å². The lowest BCUT2D eigenvalue weighted by molar-refractivity contribution is 0.145. The minimum absolute atomic E-state index is 0.224. The zero-order chi connectivity index (χ0) is 14.8. The van der Waals surface area contributed by atoms with E-state index in [1.165, 1.54) is 50.3 Å². The highest BCUT2D eigenvalue weighted by atomic mass is 32.2. The van der Waals surface area contributed by atoms with E-state index >= 15 is 0 Å². The van der Waals surface area contributed by atoms with E-state index in [9.17, 15) is 8.42 Å². The summed E-state index contributed by atoms with van der Waals surface area (Å²) >= 11 is 0. The Bertz CT molecular complexity index is 543. The van der Waals surface area contributed by atoms with Crippen molar-refractivity contribution >= 4 is 15.8 Å². The lowest BCUT2D eigenvalue weighted by Gasteiger charge is -2.41. The standard InChI is InChI=1S/C14H23N3O2S/c1-4-14(8-5-9-14)11-16-13-7-6-12(10-15-13)20(18,19)17(2)3/h6-7,10H,4-5,8-9,11H2,1-3H3,(H,15,16). The van der Waals surface area contributed by atoms with Crippen molar-refractivity contribution < 1.29 is 8.42 Å². The highest BCUT2D eigenvalue weighted by Gasteiger charge is 2.34. The molecule has 1 aromatic heterocycles. The normalized spacial score (nSPS) is 17.8. The third kappa shape index (κ3) is 2.96. The fraction of sp³-hybridized carbons (Fsp3) is 0.643. The number of rotatable bonds is 6. The Labute approximate surface area is 121 Å². The molecule has 0 atom stereocenters. The number of anilines is 1. The lowest BCUT2D eigenvalue weighted by atomic mass is 9.67. The molecule has 1 fully saturated rings. The van der Waals surface area contributed by atoms with Gasteiger partial charge in [-0.3, -0.25) is 0 Å². The minimum Gasteiger partial charge on any atom is -0.370 e. The third-order valence-corrected chi connectivity index (χ3v) is 6.12. The van der Waals surface area contributed by atoms with Gasteiger partial charge in [0.2, 0.25) is 10.0 Å². The predicted octanol–water partition coefficient (Wildman–Crippen LogP) is 2.32. The van der Waals surface area contributed by atoms with E-state index in [0.29, 0.717) is 5.41 Å². The fourth-order valence-electron chi connectivity index (χ4n) is 2.46. The highest BCUT2D eigenvalue weighted by molar-refractivity contribution is 7.89. The van der Waals surface area contributed by atoms with Gasteiger partial charge < -0.3 is 5.32 Å². The molecule has 1 aliphatic carbocycles. The van der Waals surface area contributed by atoms with Crippen LogP contribution in [0.2, 0.25) is 0 Å². The van der Waals surface area contributed by atoms with Gasteiger partial charge in [-0.15, -0.1) is 0 Å². The van der Waals surface area contributed by atoms with Gasteiger partial charge in [0.15, 0.2) is 0 Å². The Morgan fingerprint density at radius 3 is 2.45 bits per heavy atom. The SMILES string of the molecule is CCC1(CNc2ccc(S(=O)(=O)N(C)C)cn2)CCC1. The van der Waals surface area contributed by atoms with Crippen LogP contribution in [0.5, 0.6) is 0 Å². The summed E-state index contributed by atoms with van der Waals surface area (Å²) in [6.45, 7) is 3.14. The number of nitrogens with zero attached hydrogens (tertiary/aromatic N) is 2. The molecule has 2 rings (SSSR count). The monoisotopic (exact) mass is 297 g/mol. The van der Waals surface area contributed by atoms with Crippen LogP contribution in [0.4, 0.5) is 5.82 Å². The van der Waals surface area contributed by atoms with Crippen LogP contribution in [0.15, 0.2) is 23.2 Å². The van der Waals surface area contributed by atoms with Crippen LogP contribution < -0.4 is 5.32 Å². The highest BCUT2D eigenvalue weighted by Crippen LogP contribution is 2.43. The van der Waals surface area contributed by atoms with E-state index in [2.05, 4.69) is 17.2 Å². The largest absolute Gasteiger partial charge is 0.370 e. The second-order valence-corrected chi connectivity index (χ2v) is 7.88. The Morgan fingerprint density at radius 2 is 2.05 bits per heavy atom. The summed E-state index contributed by atoms with van der Waals surface area (Å²) < 4.78 is 25.0. The zero-order valence-electron chi connectivity index (χ0n) is 12.4. The van der Waals surface area contributed by atoms with Crippen molar-refractivity contribution in [2.45, 2.75) is 37.5 Å². The summed E-state index contributed by atoms with van der Waals surface area (Å²) in [5.74, 6) is 0.738. The maximum atomic E-state index is 11.9.